The van der Waals surface area contributed by atoms with Gasteiger partial charge < -0.3 is 14.2 Å². The van der Waals surface area contributed by atoms with Crippen molar-refractivity contribution in [3.8, 4) is 17.0 Å². The molecule has 0 spiro atoms. The van der Waals surface area contributed by atoms with Crippen molar-refractivity contribution in [1.29, 1.82) is 0 Å². The number of carbonyl (C=O) groups excluding carboxylic acids is 1. The Morgan fingerprint density at radius 1 is 1.17 bits per heavy atom. The second-order valence-corrected chi connectivity index (χ2v) is 8.83. The Bertz CT molecular complexity index is 1160. The lowest BCUT2D eigenvalue weighted by atomic mass is 10.1. The fourth-order valence-corrected chi connectivity index (χ4v) is 3.93. The summed E-state index contributed by atoms with van der Waals surface area (Å²) in [4.78, 5) is 23.4. The summed E-state index contributed by atoms with van der Waals surface area (Å²) in [6.07, 6.45) is 7.42. The molecule has 2 heterocycles. The molecule has 8 heteroatoms. The normalized spacial score (nSPS) is 13.0. The maximum absolute atomic E-state index is 13.3. The first kappa shape index (κ1) is 24.6. The van der Waals surface area contributed by atoms with Crippen molar-refractivity contribution in [1.82, 2.24) is 15.1 Å². The third kappa shape index (κ3) is 6.97. The smallest absolute Gasteiger partial charge is 0.227 e. The number of allylic oxidation sites excluding steroid dienone is 1. The summed E-state index contributed by atoms with van der Waals surface area (Å²) in [6, 6.07) is 11.5. The summed E-state index contributed by atoms with van der Waals surface area (Å²) in [6.45, 7) is 3.83. The number of rotatable bonds is 13. The number of ether oxygens (including phenoxy) is 1. The van der Waals surface area contributed by atoms with Gasteiger partial charge in [-0.1, -0.05) is 30.3 Å². The van der Waals surface area contributed by atoms with E-state index in [0.29, 0.717) is 24.2 Å². The van der Waals surface area contributed by atoms with Gasteiger partial charge in [0.2, 0.25) is 17.7 Å². The van der Waals surface area contributed by atoms with Crippen LogP contribution in [0.25, 0.3) is 11.1 Å². The zero-order valence-corrected chi connectivity index (χ0v) is 20.1. The number of carbonyl (C=O) groups is 1. The molecule has 1 fully saturated rings. The number of hydrogen-bond donors (Lipinski definition) is 0. The van der Waals surface area contributed by atoms with E-state index < -0.39 is 5.83 Å². The minimum Gasteiger partial charge on any atom is -0.481 e. The number of aromatic nitrogens is 3. The summed E-state index contributed by atoms with van der Waals surface area (Å²) in [5.41, 5.74) is 2.66. The molecule has 0 atom stereocenters. The number of unbranched alkanes of at least 4 members (excludes halogenated alkanes) is 2. The number of aryl methyl sites for hydroxylation is 1. The van der Waals surface area contributed by atoms with Crippen molar-refractivity contribution in [3.63, 3.8) is 0 Å². The highest BCUT2D eigenvalue weighted by Crippen LogP contribution is 2.38. The zero-order chi connectivity index (χ0) is 24.6. The molecule has 3 aromatic rings. The van der Waals surface area contributed by atoms with Gasteiger partial charge in [-0.05, 0) is 55.0 Å². The highest BCUT2D eigenvalue weighted by molar-refractivity contribution is 5.94. The van der Waals surface area contributed by atoms with Gasteiger partial charge in [-0.25, -0.2) is 9.37 Å². The molecule has 2 aromatic heterocycles. The van der Waals surface area contributed by atoms with Crippen LogP contribution in [0.15, 0.2) is 59.5 Å². The van der Waals surface area contributed by atoms with Gasteiger partial charge in [-0.2, -0.15) is 4.98 Å². The van der Waals surface area contributed by atoms with Crippen LogP contribution in [-0.4, -0.2) is 34.7 Å². The Kier molecular flexibility index (Phi) is 8.23. The fraction of sp³-hybridized carbons (Fsp3) is 0.407. The maximum Gasteiger partial charge on any atom is 0.227 e. The van der Waals surface area contributed by atoms with Crippen LogP contribution >= 0.6 is 0 Å². The van der Waals surface area contributed by atoms with E-state index in [1.807, 2.05) is 36.4 Å². The predicted molar refractivity (Wildman–Crippen MR) is 132 cm³/mol. The van der Waals surface area contributed by atoms with E-state index in [9.17, 15) is 9.18 Å². The first-order chi connectivity index (χ1) is 17.0. The fourth-order valence-electron chi connectivity index (χ4n) is 3.93. The topological polar surface area (TPSA) is 81.4 Å². The Labute approximate surface area is 205 Å². The molecule has 0 saturated heterocycles. The third-order valence-electron chi connectivity index (χ3n) is 6.04. The lowest BCUT2D eigenvalue weighted by Gasteiger charge is -2.23. The van der Waals surface area contributed by atoms with Gasteiger partial charge in [0.15, 0.2) is 5.82 Å². The summed E-state index contributed by atoms with van der Waals surface area (Å²) in [7, 11) is 1.58. The van der Waals surface area contributed by atoms with Crippen LogP contribution in [0, 0.1) is 0 Å². The number of hydrogen-bond acceptors (Lipinski definition) is 6. The largest absolute Gasteiger partial charge is 0.481 e. The summed E-state index contributed by atoms with van der Waals surface area (Å²) < 4.78 is 23.8. The summed E-state index contributed by atoms with van der Waals surface area (Å²) >= 11 is 0. The van der Waals surface area contributed by atoms with Crippen molar-refractivity contribution in [2.24, 2.45) is 0 Å². The van der Waals surface area contributed by atoms with Gasteiger partial charge in [-0.15, -0.1) is 0 Å². The SMILES string of the molecule is C=C(F)CCC(=O)N(CCCCCc1nc(C2CC2)no1)c1cccc(-c2ccnc(OC)c2)c1. The van der Waals surface area contributed by atoms with E-state index >= 15 is 0 Å². The van der Waals surface area contributed by atoms with Crippen LogP contribution < -0.4 is 9.64 Å². The molecule has 7 nitrogen and oxygen atoms in total. The molecule has 1 aromatic carbocycles. The predicted octanol–water partition coefficient (Wildman–Crippen LogP) is 6.03. The second kappa shape index (κ2) is 11.7. The van der Waals surface area contributed by atoms with Crippen molar-refractivity contribution in [3.05, 3.63) is 66.7 Å². The maximum atomic E-state index is 13.3. The molecular weight excluding hydrogens is 447 g/mol. The number of nitrogens with zero attached hydrogens (tertiary/aromatic N) is 4. The summed E-state index contributed by atoms with van der Waals surface area (Å²) in [5, 5.41) is 4.06. The monoisotopic (exact) mass is 478 g/mol. The van der Waals surface area contributed by atoms with Gasteiger partial charge >= 0.3 is 0 Å². The first-order valence-electron chi connectivity index (χ1n) is 12.1. The molecule has 1 aliphatic rings. The van der Waals surface area contributed by atoms with Crippen LogP contribution in [0.3, 0.4) is 0 Å². The van der Waals surface area contributed by atoms with Gasteiger partial charge in [-0.3, -0.25) is 4.79 Å². The van der Waals surface area contributed by atoms with Crippen LogP contribution in [0.1, 0.15) is 62.6 Å². The van der Waals surface area contributed by atoms with Gasteiger partial charge in [0.05, 0.1) is 12.9 Å². The molecule has 1 amide bonds. The Balaban J connectivity index is 1.39. The van der Waals surface area contributed by atoms with Crippen LogP contribution in [0.4, 0.5) is 10.1 Å². The van der Waals surface area contributed by atoms with E-state index in [1.54, 1.807) is 18.2 Å². The molecular formula is C27H31FN4O3. The molecule has 0 radical (unpaired) electrons. The number of methoxy groups -OCH3 is 1. The highest BCUT2D eigenvalue weighted by Gasteiger charge is 2.28. The molecule has 1 saturated carbocycles. The average Bonchev–Trinajstić information content (AvgIpc) is 3.62. The van der Waals surface area contributed by atoms with E-state index in [2.05, 4.69) is 21.7 Å². The Morgan fingerprint density at radius 3 is 2.77 bits per heavy atom. The van der Waals surface area contributed by atoms with Crippen LogP contribution in [0.2, 0.25) is 0 Å². The molecule has 0 unspecified atom stereocenters. The molecule has 0 bridgehead atoms. The Hall–Kier alpha value is -3.55. The van der Waals surface area contributed by atoms with Crippen molar-refractivity contribution in [2.75, 3.05) is 18.6 Å². The lowest BCUT2D eigenvalue weighted by molar-refractivity contribution is -0.118. The molecule has 35 heavy (non-hydrogen) atoms. The van der Waals surface area contributed by atoms with Gasteiger partial charge in [0.1, 0.15) is 0 Å². The molecule has 184 valence electrons. The van der Waals surface area contributed by atoms with Crippen molar-refractivity contribution >= 4 is 11.6 Å². The minimum atomic E-state index is -0.485. The van der Waals surface area contributed by atoms with Crippen LogP contribution in [-0.2, 0) is 11.2 Å². The number of benzene rings is 1. The molecule has 0 N–H and O–H groups in total. The molecule has 0 aliphatic heterocycles. The zero-order valence-electron chi connectivity index (χ0n) is 20.1. The number of pyridine rings is 1. The lowest BCUT2D eigenvalue weighted by Crippen LogP contribution is -2.31. The van der Waals surface area contributed by atoms with E-state index in [1.165, 1.54) is 0 Å². The molecule has 1 aliphatic carbocycles. The van der Waals surface area contributed by atoms with Gasteiger partial charge in [0, 0.05) is 49.7 Å². The Morgan fingerprint density at radius 2 is 2.00 bits per heavy atom. The van der Waals surface area contributed by atoms with Crippen molar-refractivity contribution < 1.29 is 18.4 Å². The van der Waals surface area contributed by atoms with Crippen LogP contribution in [0.5, 0.6) is 5.88 Å². The molecule has 4 rings (SSSR count). The minimum absolute atomic E-state index is 0.0249. The van der Waals surface area contributed by atoms with Crippen molar-refractivity contribution in [2.45, 2.75) is 57.3 Å². The number of halogens is 1. The third-order valence-corrected chi connectivity index (χ3v) is 6.04. The standard InChI is InChI=1S/C27H31FN4O3/c1-19(28)10-13-26(33)32(16-5-3-4-9-24-30-27(31-35-24)20-11-12-20)23-8-6-7-21(17-23)22-14-15-29-25(18-22)34-2/h6-8,14-15,17-18,20H,1,3-5,9-13,16H2,2H3. The number of amides is 1. The first-order valence-corrected chi connectivity index (χ1v) is 12.1. The van der Waals surface area contributed by atoms with E-state index in [4.69, 9.17) is 9.26 Å². The summed E-state index contributed by atoms with van der Waals surface area (Å²) in [5.74, 6) is 1.91. The quantitative estimate of drug-likeness (QED) is 0.279. The van der Waals surface area contributed by atoms with E-state index in [0.717, 1.165) is 61.2 Å². The van der Waals surface area contributed by atoms with Gasteiger partial charge in [0.25, 0.3) is 0 Å². The number of anilines is 1. The highest BCUT2D eigenvalue weighted by atomic mass is 19.1. The van der Waals surface area contributed by atoms with E-state index in [-0.39, 0.29) is 18.7 Å². The average molecular weight is 479 g/mol. The second-order valence-electron chi connectivity index (χ2n) is 8.83.